The Morgan fingerprint density at radius 3 is 2.57 bits per heavy atom. The Balaban J connectivity index is 3.20. The van der Waals surface area contributed by atoms with E-state index in [9.17, 15) is 4.79 Å². The first-order valence-electron chi connectivity index (χ1n) is 3.57. The molecular formula is C8H5ClI3NO. The molecule has 0 amide bonds. The monoisotopic (exact) mass is 547 g/mol. The van der Waals surface area contributed by atoms with Crippen molar-refractivity contribution in [3.8, 4) is 0 Å². The molecule has 0 unspecified atom stereocenters. The van der Waals surface area contributed by atoms with Gasteiger partial charge in [0.05, 0.1) is 57.3 Å². The predicted octanol–water partition coefficient (Wildman–Crippen LogP) is 4.22. The summed E-state index contributed by atoms with van der Waals surface area (Å²) < 4.78 is 2.86. The lowest BCUT2D eigenvalue weighted by Gasteiger charge is -2.11. The number of rotatable bonds is 3. The van der Waals surface area contributed by atoms with Crippen molar-refractivity contribution in [2.45, 2.75) is 0 Å². The van der Waals surface area contributed by atoms with Crippen LogP contribution in [0.1, 0.15) is 10.4 Å². The number of anilines is 1. The fourth-order valence-corrected chi connectivity index (χ4v) is 3.71. The minimum absolute atomic E-state index is 0.0297. The summed E-state index contributed by atoms with van der Waals surface area (Å²) in [4.78, 5) is 11.4. The highest BCUT2D eigenvalue weighted by atomic mass is 127. The number of Topliss-reactive ketones (excluding diaryl/α,β-unsaturated/α-hetero) is 1. The Morgan fingerprint density at radius 2 is 2.07 bits per heavy atom. The zero-order valence-electron chi connectivity index (χ0n) is 6.81. The summed E-state index contributed by atoms with van der Waals surface area (Å²) in [5, 5.41) is 0. The lowest BCUT2D eigenvalue weighted by atomic mass is 10.1. The molecule has 0 aliphatic rings. The van der Waals surface area contributed by atoms with Gasteiger partial charge >= 0.3 is 0 Å². The van der Waals surface area contributed by atoms with E-state index in [4.69, 9.17) is 11.6 Å². The normalized spacial score (nSPS) is 10.0. The van der Waals surface area contributed by atoms with Gasteiger partial charge in [0.1, 0.15) is 0 Å². The first-order chi connectivity index (χ1) is 6.57. The number of hydrogen-bond acceptors (Lipinski definition) is 2. The van der Waals surface area contributed by atoms with Crippen LogP contribution in [0.3, 0.4) is 0 Å². The summed E-state index contributed by atoms with van der Waals surface area (Å²) in [7, 11) is 0. The molecule has 0 atom stereocenters. The zero-order chi connectivity index (χ0) is 10.7. The predicted molar refractivity (Wildman–Crippen MR) is 84.7 cm³/mol. The summed E-state index contributed by atoms with van der Waals surface area (Å²) in [6.45, 7) is 0. The molecule has 0 N–H and O–H groups in total. The standard InChI is InChI=1S/C8H5ClI3NO/c9-4-7(14)5-2-1-3-6(8(5)10)13(11)12/h1-3H,4H2. The van der Waals surface area contributed by atoms with Gasteiger partial charge in [0.15, 0.2) is 5.78 Å². The van der Waals surface area contributed by atoms with E-state index in [2.05, 4.69) is 68.3 Å². The van der Waals surface area contributed by atoms with Crippen molar-refractivity contribution >= 4 is 91.4 Å². The molecule has 0 aromatic heterocycles. The lowest BCUT2D eigenvalue weighted by molar-refractivity contribution is 0.102. The first kappa shape index (κ1) is 13.2. The van der Waals surface area contributed by atoms with Crippen LogP contribution in [-0.4, -0.2) is 11.7 Å². The Labute approximate surface area is 129 Å². The molecule has 0 heterocycles. The number of nitrogens with zero attached hydrogens (tertiary/aromatic N) is 1. The van der Waals surface area contributed by atoms with Gasteiger partial charge in [0, 0.05) is 9.13 Å². The fraction of sp³-hybridized carbons (Fsp3) is 0.125. The highest BCUT2D eigenvalue weighted by Gasteiger charge is 2.13. The molecule has 0 aliphatic carbocycles. The van der Waals surface area contributed by atoms with Crippen molar-refractivity contribution in [2.75, 3.05) is 7.21 Å². The maximum absolute atomic E-state index is 11.4. The Hall–Kier alpha value is 1.17. The van der Waals surface area contributed by atoms with Gasteiger partial charge in [-0.05, 0) is 28.7 Å². The van der Waals surface area contributed by atoms with Gasteiger partial charge in [-0.2, -0.15) is 0 Å². The molecule has 0 bridgehead atoms. The summed E-state index contributed by atoms with van der Waals surface area (Å²) in [5.41, 5.74) is 1.71. The molecule has 0 saturated carbocycles. The number of ketones is 1. The quantitative estimate of drug-likeness (QED) is 0.245. The summed E-state index contributed by atoms with van der Waals surface area (Å²) >= 11 is 12.0. The lowest BCUT2D eigenvalue weighted by Crippen LogP contribution is -2.05. The minimum atomic E-state index is -0.0347. The topological polar surface area (TPSA) is 20.3 Å². The van der Waals surface area contributed by atoms with Crippen molar-refractivity contribution in [2.24, 2.45) is 0 Å². The van der Waals surface area contributed by atoms with E-state index in [-0.39, 0.29) is 11.7 Å². The van der Waals surface area contributed by atoms with E-state index in [1.165, 1.54) is 0 Å². The fourth-order valence-electron chi connectivity index (χ4n) is 0.938. The van der Waals surface area contributed by atoms with Crippen LogP contribution >= 0.6 is 79.9 Å². The van der Waals surface area contributed by atoms with Crippen LogP contribution < -0.4 is 1.33 Å². The molecule has 1 aromatic rings. The third-order valence-corrected chi connectivity index (χ3v) is 4.00. The van der Waals surface area contributed by atoms with E-state index in [1.54, 1.807) is 6.07 Å². The van der Waals surface area contributed by atoms with Crippen molar-refractivity contribution in [3.05, 3.63) is 27.3 Å². The number of halogens is 4. The highest BCUT2D eigenvalue weighted by molar-refractivity contribution is 14.2. The molecule has 0 spiro atoms. The number of alkyl halides is 1. The number of carbonyl (C=O) groups is 1. The first-order valence-corrected chi connectivity index (χ1v) is 7.11. The molecule has 0 aliphatic heterocycles. The molecule has 1 aromatic carbocycles. The van der Waals surface area contributed by atoms with Gasteiger partial charge in [-0.15, -0.1) is 11.6 Å². The van der Waals surface area contributed by atoms with Crippen molar-refractivity contribution in [3.63, 3.8) is 0 Å². The van der Waals surface area contributed by atoms with Crippen molar-refractivity contribution in [1.82, 2.24) is 0 Å². The van der Waals surface area contributed by atoms with Gasteiger partial charge in [-0.3, -0.25) is 6.12 Å². The zero-order valence-corrected chi connectivity index (χ0v) is 14.0. The van der Waals surface area contributed by atoms with Crippen LogP contribution in [0.15, 0.2) is 18.2 Å². The largest absolute Gasteiger partial charge is 0.293 e. The molecule has 6 heteroatoms. The second kappa shape index (κ2) is 6.04. The van der Waals surface area contributed by atoms with Crippen LogP contribution in [0.25, 0.3) is 0 Å². The minimum Gasteiger partial charge on any atom is -0.293 e. The average molecular weight is 547 g/mol. The number of hydrogen-bond donors (Lipinski definition) is 0. The van der Waals surface area contributed by atoms with Crippen LogP contribution in [0.4, 0.5) is 5.69 Å². The van der Waals surface area contributed by atoms with Gasteiger partial charge in [0.2, 0.25) is 0 Å². The van der Waals surface area contributed by atoms with E-state index in [0.29, 0.717) is 5.56 Å². The molecule has 2 nitrogen and oxygen atoms in total. The van der Waals surface area contributed by atoms with Crippen molar-refractivity contribution < 1.29 is 4.79 Å². The van der Waals surface area contributed by atoms with Gasteiger partial charge in [-0.1, -0.05) is 12.1 Å². The third-order valence-electron chi connectivity index (χ3n) is 1.58. The number of carbonyl (C=O) groups excluding carboxylic acids is 1. The Morgan fingerprint density at radius 1 is 1.43 bits per heavy atom. The molecule has 1 rings (SSSR count). The van der Waals surface area contributed by atoms with Crippen LogP contribution in [-0.2, 0) is 0 Å². The maximum atomic E-state index is 11.4. The SMILES string of the molecule is O=C(CCl)c1cccc(N(I)I)c1I. The van der Waals surface area contributed by atoms with Gasteiger partial charge < -0.3 is 0 Å². The van der Waals surface area contributed by atoms with Gasteiger partial charge in [0.25, 0.3) is 0 Å². The summed E-state index contributed by atoms with van der Waals surface area (Å²) in [6, 6.07) is 5.63. The van der Waals surface area contributed by atoms with E-state index in [0.717, 1.165) is 9.26 Å². The summed E-state index contributed by atoms with van der Waals surface area (Å²) in [6.07, 6.45) is 0. The summed E-state index contributed by atoms with van der Waals surface area (Å²) in [5.74, 6) is -0.00495. The second-order valence-corrected chi connectivity index (χ2v) is 7.55. The molecule has 0 fully saturated rings. The van der Waals surface area contributed by atoms with Crippen molar-refractivity contribution in [1.29, 1.82) is 0 Å². The van der Waals surface area contributed by atoms with Crippen LogP contribution in [0.5, 0.6) is 0 Å². The van der Waals surface area contributed by atoms with E-state index >= 15 is 0 Å². The number of benzene rings is 1. The molecule has 0 radical (unpaired) electrons. The molecular weight excluding hydrogens is 542 g/mol. The van der Waals surface area contributed by atoms with Gasteiger partial charge in [-0.25, -0.2) is 0 Å². The van der Waals surface area contributed by atoms with E-state index < -0.39 is 0 Å². The van der Waals surface area contributed by atoms with Crippen LogP contribution in [0, 0.1) is 3.57 Å². The highest BCUT2D eigenvalue weighted by Crippen LogP contribution is 2.31. The smallest absolute Gasteiger partial charge is 0.178 e. The van der Waals surface area contributed by atoms with E-state index in [1.807, 2.05) is 13.5 Å². The second-order valence-electron chi connectivity index (χ2n) is 2.43. The molecule has 14 heavy (non-hydrogen) atoms. The Kier molecular flexibility index (Phi) is 5.71. The van der Waals surface area contributed by atoms with Crippen LogP contribution in [0.2, 0.25) is 0 Å². The molecule has 0 saturated heterocycles. The Bertz CT molecular complexity index is 356. The molecule has 76 valence electrons. The third kappa shape index (κ3) is 3.08. The maximum Gasteiger partial charge on any atom is 0.178 e. The average Bonchev–Trinajstić information content (AvgIpc) is 2.16.